The molecule has 1 aliphatic rings. The van der Waals surface area contributed by atoms with Crippen LogP contribution in [-0.4, -0.2) is 36.5 Å². The highest BCUT2D eigenvalue weighted by atomic mass is 16.2. The molecule has 1 atom stereocenters. The Balaban J connectivity index is 2.46. The van der Waals surface area contributed by atoms with Crippen LogP contribution in [0.1, 0.15) is 59.8 Å². The van der Waals surface area contributed by atoms with Crippen LogP contribution in [0.4, 0.5) is 0 Å². The molecule has 106 valence electrons. The third kappa shape index (κ3) is 4.27. The van der Waals surface area contributed by atoms with Crippen LogP contribution in [0.3, 0.4) is 0 Å². The number of carbonyl (C=O) groups is 1. The predicted molar refractivity (Wildman–Crippen MR) is 76.6 cm³/mol. The van der Waals surface area contributed by atoms with Crippen molar-refractivity contribution in [2.24, 2.45) is 5.41 Å². The summed E-state index contributed by atoms with van der Waals surface area (Å²) in [6, 6.07) is 0. The van der Waals surface area contributed by atoms with Gasteiger partial charge in [0.05, 0.1) is 5.54 Å². The molecule has 0 saturated carbocycles. The molecular weight excluding hydrogens is 224 g/mol. The third-order valence-electron chi connectivity index (χ3n) is 3.92. The summed E-state index contributed by atoms with van der Waals surface area (Å²) in [6.45, 7) is 10.7. The fourth-order valence-corrected chi connectivity index (χ4v) is 2.92. The smallest absolute Gasteiger partial charge is 0.223 e. The van der Waals surface area contributed by atoms with Crippen molar-refractivity contribution in [1.29, 1.82) is 0 Å². The molecule has 1 amide bonds. The average molecular weight is 254 g/mol. The second-order valence-corrected chi connectivity index (χ2v) is 7.09. The Bertz CT molecular complexity index is 283. The van der Waals surface area contributed by atoms with Crippen LogP contribution in [0.5, 0.6) is 0 Å². The van der Waals surface area contributed by atoms with E-state index in [-0.39, 0.29) is 5.54 Å². The van der Waals surface area contributed by atoms with Crippen LogP contribution < -0.4 is 5.32 Å². The van der Waals surface area contributed by atoms with Gasteiger partial charge in [-0.25, -0.2) is 0 Å². The molecule has 0 aliphatic carbocycles. The van der Waals surface area contributed by atoms with Gasteiger partial charge in [0.2, 0.25) is 5.91 Å². The maximum Gasteiger partial charge on any atom is 0.223 e. The molecule has 3 nitrogen and oxygen atoms in total. The van der Waals surface area contributed by atoms with E-state index < -0.39 is 0 Å². The molecule has 1 saturated heterocycles. The minimum absolute atomic E-state index is 0.0353. The van der Waals surface area contributed by atoms with Crippen molar-refractivity contribution >= 4 is 5.91 Å². The highest BCUT2D eigenvalue weighted by Gasteiger charge is 2.38. The zero-order valence-electron chi connectivity index (χ0n) is 12.8. The number of amides is 1. The van der Waals surface area contributed by atoms with Crippen LogP contribution in [0, 0.1) is 5.41 Å². The van der Waals surface area contributed by atoms with Crippen molar-refractivity contribution in [3.8, 4) is 0 Å². The molecule has 18 heavy (non-hydrogen) atoms. The predicted octanol–water partition coefficient (Wildman–Crippen LogP) is 2.80. The minimum atomic E-state index is 0.0353. The molecule has 0 aromatic rings. The van der Waals surface area contributed by atoms with Crippen LogP contribution in [0.15, 0.2) is 0 Å². The van der Waals surface area contributed by atoms with Crippen LogP contribution >= 0.6 is 0 Å². The first-order valence-electron chi connectivity index (χ1n) is 7.24. The number of rotatable bonds is 5. The molecular formula is C15H30N2O. The highest BCUT2D eigenvalue weighted by molar-refractivity contribution is 5.77. The normalized spacial score (nSPS) is 24.6. The standard InChI is InChI=1S/C15H30N2O/c1-14(2,3)9-6-8-13(18)17-11-7-10-15(17,4)12-16-5/h16H,6-12H2,1-5H3. The van der Waals surface area contributed by atoms with E-state index in [1.165, 1.54) is 0 Å². The first-order chi connectivity index (χ1) is 8.28. The molecule has 0 aromatic heterocycles. The van der Waals surface area contributed by atoms with E-state index in [0.29, 0.717) is 17.7 Å². The van der Waals surface area contributed by atoms with Gasteiger partial charge in [-0.3, -0.25) is 4.79 Å². The number of hydrogen-bond donors (Lipinski definition) is 1. The first-order valence-corrected chi connectivity index (χ1v) is 7.24. The third-order valence-corrected chi connectivity index (χ3v) is 3.92. The summed E-state index contributed by atoms with van der Waals surface area (Å²) in [4.78, 5) is 14.4. The summed E-state index contributed by atoms with van der Waals surface area (Å²) in [7, 11) is 1.96. The molecule has 1 aliphatic heterocycles. The van der Waals surface area contributed by atoms with Crippen molar-refractivity contribution in [2.45, 2.75) is 65.3 Å². The number of likely N-dealkylation sites (tertiary alicyclic amines) is 1. The number of carbonyl (C=O) groups excluding carboxylic acids is 1. The number of nitrogens with one attached hydrogen (secondary N) is 1. The molecule has 1 fully saturated rings. The molecule has 0 aromatic carbocycles. The van der Waals surface area contributed by atoms with Gasteiger partial charge in [-0.15, -0.1) is 0 Å². The van der Waals surface area contributed by atoms with Gasteiger partial charge in [-0.2, -0.15) is 0 Å². The maximum atomic E-state index is 12.3. The second-order valence-electron chi connectivity index (χ2n) is 7.09. The highest BCUT2D eigenvalue weighted by Crippen LogP contribution is 2.30. The Hall–Kier alpha value is -0.570. The largest absolute Gasteiger partial charge is 0.336 e. The fraction of sp³-hybridized carbons (Fsp3) is 0.933. The van der Waals surface area contributed by atoms with Crippen molar-refractivity contribution < 1.29 is 4.79 Å². The van der Waals surface area contributed by atoms with E-state index >= 15 is 0 Å². The van der Waals surface area contributed by atoms with Gasteiger partial charge in [0.1, 0.15) is 0 Å². The summed E-state index contributed by atoms with van der Waals surface area (Å²) in [6.07, 6.45) is 5.10. The van der Waals surface area contributed by atoms with E-state index in [4.69, 9.17) is 0 Å². The SMILES string of the molecule is CNCC1(C)CCCN1C(=O)CCCC(C)(C)C. The van der Waals surface area contributed by atoms with Gasteiger partial charge in [0.25, 0.3) is 0 Å². The zero-order valence-corrected chi connectivity index (χ0v) is 12.8. The maximum absolute atomic E-state index is 12.3. The molecule has 1 heterocycles. The lowest BCUT2D eigenvalue weighted by molar-refractivity contribution is -0.134. The summed E-state index contributed by atoms with van der Waals surface area (Å²) < 4.78 is 0. The van der Waals surface area contributed by atoms with E-state index in [1.807, 2.05) is 7.05 Å². The van der Waals surface area contributed by atoms with Crippen molar-refractivity contribution in [3.63, 3.8) is 0 Å². The van der Waals surface area contributed by atoms with Crippen LogP contribution in [0.2, 0.25) is 0 Å². The van der Waals surface area contributed by atoms with Gasteiger partial charge in [-0.05, 0) is 45.1 Å². The molecule has 1 rings (SSSR count). The quantitative estimate of drug-likeness (QED) is 0.818. The van der Waals surface area contributed by atoms with Gasteiger partial charge in [-0.1, -0.05) is 20.8 Å². The topological polar surface area (TPSA) is 32.3 Å². The van der Waals surface area contributed by atoms with Gasteiger partial charge >= 0.3 is 0 Å². The van der Waals surface area contributed by atoms with E-state index in [9.17, 15) is 4.79 Å². The number of hydrogen-bond acceptors (Lipinski definition) is 2. The molecule has 0 radical (unpaired) electrons. The Kier molecular flexibility index (Phi) is 5.20. The van der Waals surface area contributed by atoms with Gasteiger partial charge in [0.15, 0.2) is 0 Å². The van der Waals surface area contributed by atoms with Crippen LogP contribution in [-0.2, 0) is 4.79 Å². The van der Waals surface area contributed by atoms with E-state index in [2.05, 4.69) is 37.9 Å². The van der Waals surface area contributed by atoms with Gasteiger partial charge in [0, 0.05) is 19.5 Å². The fourth-order valence-electron chi connectivity index (χ4n) is 2.92. The van der Waals surface area contributed by atoms with Crippen LogP contribution in [0.25, 0.3) is 0 Å². The molecule has 1 unspecified atom stereocenters. The second kappa shape index (κ2) is 6.05. The Morgan fingerprint density at radius 2 is 2.06 bits per heavy atom. The molecule has 1 N–H and O–H groups in total. The lowest BCUT2D eigenvalue weighted by Crippen LogP contribution is -2.50. The number of nitrogens with zero attached hydrogens (tertiary/aromatic N) is 1. The van der Waals surface area contributed by atoms with Crippen molar-refractivity contribution in [1.82, 2.24) is 10.2 Å². The van der Waals surface area contributed by atoms with Crippen molar-refractivity contribution in [2.75, 3.05) is 20.1 Å². The lowest BCUT2D eigenvalue weighted by Gasteiger charge is -2.35. The molecule has 3 heteroatoms. The molecule has 0 bridgehead atoms. The summed E-state index contributed by atoms with van der Waals surface area (Å²) >= 11 is 0. The Morgan fingerprint density at radius 1 is 1.39 bits per heavy atom. The zero-order chi connectivity index (χ0) is 13.8. The summed E-state index contributed by atoms with van der Waals surface area (Å²) in [5, 5.41) is 3.22. The first kappa shape index (κ1) is 15.5. The Labute approximate surface area is 112 Å². The monoisotopic (exact) mass is 254 g/mol. The summed E-state index contributed by atoms with van der Waals surface area (Å²) in [5.74, 6) is 0.342. The van der Waals surface area contributed by atoms with E-state index in [0.717, 1.165) is 38.8 Å². The van der Waals surface area contributed by atoms with Crippen molar-refractivity contribution in [3.05, 3.63) is 0 Å². The minimum Gasteiger partial charge on any atom is -0.336 e. The lowest BCUT2D eigenvalue weighted by atomic mass is 9.89. The van der Waals surface area contributed by atoms with E-state index in [1.54, 1.807) is 0 Å². The molecule has 0 spiro atoms. The number of likely N-dealkylation sites (N-methyl/N-ethyl adjacent to an activating group) is 1. The van der Waals surface area contributed by atoms with Gasteiger partial charge < -0.3 is 10.2 Å². The Morgan fingerprint density at radius 3 is 2.61 bits per heavy atom. The summed E-state index contributed by atoms with van der Waals surface area (Å²) in [5.41, 5.74) is 0.368. The average Bonchev–Trinajstić information content (AvgIpc) is 2.58.